The molecule has 0 aliphatic carbocycles. The van der Waals surface area contributed by atoms with E-state index in [0.29, 0.717) is 5.92 Å². The lowest BCUT2D eigenvalue weighted by Gasteiger charge is -2.31. The molecule has 1 aromatic carbocycles. The summed E-state index contributed by atoms with van der Waals surface area (Å²) in [5.74, 6) is 0.846. The third-order valence-corrected chi connectivity index (χ3v) is 7.30. The molecule has 1 atom stereocenters. The van der Waals surface area contributed by atoms with Gasteiger partial charge in [-0.1, -0.05) is 25.1 Å². The lowest BCUT2D eigenvalue weighted by molar-refractivity contribution is -0.122. The van der Waals surface area contributed by atoms with Gasteiger partial charge in [0, 0.05) is 18.0 Å². The number of amides is 1. The first-order valence-corrected chi connectivity index (χ1v) is 11.6. The summed E-state index contributed by atoms with van der Waals surface area (Å²) in [5, 5.41) is 4.49. The van der Waals surface area contributed by atoms with Crippen LogP contribution in [0, 0.1) is 18.8 Å². The van der Waals surface area contributed by atoms with E-state index in [2.05, 4.69) is 59.9 Å². The molecule has 3 aliphatic rings. The molecule has 3 aliphatic heterocycles. The number of nitrogens with zero attached hydrogens (tertiary/aromatic N) is 2. The van der Waals surface area contributed by atoms with Gasteiger partial charge in [-0.3, -0.25) is 9.69 Å². The summed E-state index contributed by atoms with van der Waals surface area (Å²) in [7, 11) is 0. The van der Waals surface area contributed by atoms with E-state index in [1.54, 1.807) is 11.3 Å². The van der Waals surface area contributed by atoms with Crippen LogP contribution >= 0.6 is 11.3 Å². The number of rotatable bonds is 2. The second-order valence-corrected chi connectivity index (χ2v) is 9.71. The molecule has 1 N–H and O–H groups in total. The Kier molecular flexibility index (Phi) is 5.17. The van der Waals surface area contributed by atoms with Crippen LogP contribution in [0.15, 0.2) is 60.0 Å². The van der Waals surface area contributed by atoms with Crippen LogP contribution in [-0.4, -0.2) is 28.9 Å². The minimum Gasteiger partial charge on any atom is -0.317 e. The lowest BCUT2D eigenvalue weighted by Crippen LogP contribution is -2.31. The van der Waals surface area contributed by atoms with Gasteiger partial charge in [-0.05, 0) is 86.0 Å². The van der Waals surface area contributed by atoms with Gasteiger partial charge in [0.1, 0.15) is 0 Å². The second-order valence-electron chi connectivity index (χ2n) is 8.48. The quantitative estimate of drug-likeness (QED) is 0.731. The van der Waals surface area contributed by atoms with Crippen LogP contribution in [0.3, 0.4) is 0 Å². The molecular formula is C25H27N3OS. The van der Waals surface area contributed by atoms with Crippen LogP contribution in [0.25, 0.3) is 15.8 Å². The number of nitrogens with one attached hydrogen (secondary N) is 1. The van der Waals surface area contributed by atoms with Gasteiger partial charge in [-0.25, -0.2) is 4.98 Å². The molecule has 1 fully saturated rings. The molecule has 2 aromatic rings. The van der Waals surface area contributed by atoms with Crippen molar-refractivity contribution >= 4 is 33.0 Å². The van der Waals surface area contributed by atoms with Gasteiger partial charge in [0.05, 0.1) is 15.2 Å². The number of carbonyl (C=O) groups is 1. The van der Waals surface area contributed by atoms with Gasteiger partial charge in [-0.2, -0.15) is 0 Å². The maximum Gasteiger partial charge on any atom is 0.255 e. The second kappa shape index (κ2) is 7.97. The SMILES string of the molecule is Cc1nc2ccc(C3=CC(=O)N4C=C(C5CCNCC5)C=CC4=CCC3C)cc2s1. The van der Waals surface area contributed by atoms with Gasteiger partial charge in [0.2, 0.25) is 0 Å². The van der Waals surface area contributed by atoms with Gasteiger partial charge in [-0.15, -0.1) is 11.3 Å². The van der Waals surface area contributed by atoms with Crippen LogP contribution in [0.2, 0.25) is 0 Å². The molecule has 5 heteroatoms. The third kappa shape index (κ3) is 3.68. The summed E-state index contributed by atoms with van der Waals surface area (Å²) in [6.07, 6.45) is 13.6. The standard InChI is InChI=1S/C25H27N3OS/c1-16-3-6-21-7-4-20(18-9-11-26-12-10-18)15-28(21)25(29)14-22(16)19-5-8-23-24(13-19)30-17(2)27-23/h4-8,13-16,18,26H,3,9-12H2,1-2H3. The summed E-state index contributed by atoms with van der Waals surface area (Å²) in [4.78, 5) is 19.7. The maximum absolute atomic E-state index is 13.3. The molecule has 0 bridgehead atoms. The van der Waals surface area contributed by atoms with Crippen molar-refractivity contribution < 1.29 is 4.79 Å². The minimum absolute atomic E-state index is 0.0409. The van der Waals surface area contributed by atoms with Gasteiger partial charge >= 0.3 is 0 Å². The Labute approximate surface area is 181 Å². The van der Waals surface area contributed by atoms with Crippen molar-refractivity contribution in [2.24, 2.45) is 11.8 Å². The average molecular weight is 418 g/mol. The van der Waals surface area contributed by atoms with Crippen LogP contribution < -0.4 is 5.32 Å². The number of benzene rings is 1. The smallest absolute Gasteiger partial charge is 0.255 e. The van der Waals surface area contributed by atoms with Crippen molar-refractivity contribution in [3.05, 3.63) is 70.5 Å². The minimum atomic E-state index is 0.0409. The monoisotopic (exact) mass is 417 g/mol. The number of piperidine rings is 1. The molecule has 0 saturated carbocycles. The van der Waals surface area contributed by atoms with Crippen molar-refractivity contribution in [1.29, 1.82) is 0 Å². The maximum atomic E-state index is 13.3. The number of aromatic nitrogens is 1. The topological polar surface area (TPSA) is 45.2 Å². The van der Waals surface area contributed by atoms with Crippen LogP contribution in [0.5, 0.6) is 0 Å². The van der Waals surface area contributed by atoms with Crippen molar-refractivity contribution in [2.45, 2.75) is 33.1 Å². The molecule has 4 heterocycles. The predicted molar refractivity (Wildman–Crippen MR) is 124 cm³/mol. The first kappa shape index (κ1) is 19.5. The van der Waals surface area contributed by atoms with E-state index in [1.165, 1.54) is 10.3 Å². The number of allylic oxidation sites excluding steroid dienone is 5. The van der Waals surface area contributed by atoms with Crippen molar-refractivity contribution in [3.63, 3.8) is 0 Å². The Morgan fingerprint density at radius 1 is 1.20 bits per heavy atom. The molecule has 1 unspecified atom stereocenters. The highest BCUT2D eigenvalue weighted by Crippen LogP contribution is 2.35. The molecule has 1 amide bonds. The summed E-state index contributed by atoms with van der Waals surface area (Å²) < 4.78 is 1.18. The summed E-state index contributed by atoms with van der Waals surface area (Å²) in [5.41, 5.74) is 5.53. The fraction of sp³-hybridized carbons (Fsp3) is 0.360. The molecule has 154 valence electrons. The number of fused-ring (bicyclic) bond motifs is 2. The van der Waals surface area contributed by atoms with E-state index < -0.39 is 0 Å². The van der Waals surface area contributed by atoms with Crippen molar-refractivity contribution in [3.8, 4) is 0 Å². The average Bonchev–Trinajstić information content (AvgIpc) is 3.14. The Balaban J connectivity index is 1.49. The highest BCUT2D eigenvalue weighted by Gasteiger charge is 2.25. The zero-order valence-corrected chi connectivity index (χ0v) is 18.3. The van der Waals surface area contributed by atoms with Crippen molar-refractivity contribution in [1.82, 2.24) is 15.2 Å². The molecule has 1 aromatic heterocycles. The highest BCUT2D eigenvalue weighted by atomic mass is 32.1. The first-order chi connectivity index (χ1) is 14.6. The van der Waals surface area contributed by atoms with E-state index in [9.17, 15) is 4.79 Å². The van der Waals surface area contributed by atoms with Crippen LogP contribution in [0.1, 0.15) is 36.8 Å². The highest BCUT2D eigenvalue weighted by molar-refractivity contribution is 7.18. The molecule has 4 nitrogen and oxygen atoms in total. The summed E-state index contributed by atoms with van der Waals surface area (Å²) in [6, 6.07) is 6.37. The van der Waals surface area contributed by atoms with Crippen LogP contribution in [-0.2, 0) is 4.79 Å². The Morgan fingerprint density at radius 3 is 2.87 bits per heavy atom. The molecule has 1 saturated heterocycles. The Morgan fingerprint density at radius 2 is 2.03 bits per heavy atom. The van der Waals surface area contributed by atoms with Crippen LogP contribution in [0.4, 0.5) is 0 Å². The molecule has 30 heavy (non-hydrogen) atoms. The first-order valence-electron chi connectivity index (χ1n) is 10.8. The lowest BCUT2D eigenvalue weighted by atomic mass is 9.87. The van der Waals surface area contributed by atoms with E-state index in [4.69, 9.17) is 0 Å². The van der Waals surface area contributed by atoms with E-state index in [0.717, 1.165) is 59.7 Å². The molecule has 0 spiro atoms. The van der Waals surface area contributed by atoms with Gasteiger partial charge in [0.25, 0.3) is 5.91 Å². The molecular weight excluding hydrogens is 390 g/mol. The normalized spacial score (nSPS) is 22.9. The van der Waals surface area contributed by atoms with E-state index in [-0.39, 0.29) is 11.8 Å². The number of carbonyl (C=O) groups excluding carboxylic acids is 1. The molecule has 0 radical (unpaired) electrons. The Bertz CT molecular complexity index is 1110. The van der Waals surface area contributed by atoms with Crippen molar-refractivity contribution in [2.75, 3.05) is 13.1 Å². The number of thiazole rings is 1. The van der Waals surface area contributed by atoms with Gasteiger partial charge < -0.3 is 5.32 Å². The summed E-state index contributed by atoms with van der Waals surface area (Å²) >= 11 is 1.71. The largest absolute Gasteiger partial charge is 0.317 e. The van der Waals surface area contributed by atoms with E-state index in [1.807, 2.05) is 17.9 Å². The number of hydrogen-bond acceptors (Lipinski definition) is 4. The third-order valence-electron chi connectivity index (χ3n) is 6.37. The Hall–Kier alpha value is -2.50. The fourth-order valence-electron chi connectivity index (χ4n) is 4.64. The zero-order valence-electron chi connectivity index (χ0n) is 17.5. The van der Waals surface area contributed by atoms with Gasteiger partial charge in [0.15, 0.2) is 0 Å². The predicted octanol–water partition coefficient (Wildman–Crippen LogP) is 5.19. The van der Waals surface area contributed by atoms with E-state index >= 15 is 0 Å². The zero-order chi connectivity index (χ0) is 20.7. The number of hydrogen-bond donors (Lipinski definition) is 1. The number of aryl methyl sites for hydroxylation is 1. The fourth-order valence-corrected chi connectivity index (χ4v) is 5.51. The summed E-state index contributed by atoms with van der Waals surface area (Å²) in [6.45, 7) is 6.34. The molecule has 5 rings (SSSR count).